The second-order valence-electron chi connectivity index (χ2n) is 4.38. The van der Waals surface area contributed by atoms with E-state index in [1.165, 1.54) is 18.4 Å². The van der Waals surface area contributed by atoms with Crippen molar-refractivity contribution in [1.29, 1.82) is 0 Å². The molecule has 1 atom stereocenters. The molecule has 1 aliphatic heterocycles. The molecule has 0 amide bonds. The van der Waals surface area contributed by atoms with Crippen molar-refractivity contribution < 1.29 is 13.2 Å². The molecule has 1 saturated heterocycles. The standard InChI is InChI=1S/C8H18N2O3S/c1-8(2)5-7(6-13-8)9-14(11,12)10(3)4/h7,9H,5-6H2,1-4H3. The van der Waals surface area contributed by atoms with Crippen molar-refractivity contribution in [2.45, 2.75) is 31.9 Å². The van der Waals surface area contributed by atoms with E-state index in [1.54, 1.807) is 0 Å². The van der Waals surface area contributed by atoms with Gasteiger partial charge >= 0.3 is 0 Å². The van der Waals surface area contributed by atoms with Crippen LogP contribution in [0.5, 0.6) is 0 Å². The quantitative estimate of drug-likeness (QED) is 0.728. The molecule has 6 heteroatoms. The Kier molecular flexibility index (Phi) is 3.20. The second kappa shape index (κ2) is 3.77. The third-order valence-corrected chi connectivity index (χ3v) is 3.80. The molecular weight excluding hydrogens is 204 g/mol. The van der Waals surface area contributed by atoms with Crippen LogP contribution in [-0.4, -0.2) is 45.1 Å². The van der Waals surface area contributed by atoms with E-state index in [1.807, 2.05) is 13.8 Å². The van der Waals surface area contributed by atoms with E-state index >= 15 is 0 Å². The Morgan fingerprint density at radius 2 is 2.00 bits per heavy atom. The zero-order valence-corrected chi connectivity index (χ0v) is 9.89. The molecule has 0 bridgehead atoms. The SMILES string of the molecule is CN(C)S(=O)(=O)NC1COC(C)(C)C1. The molecule has 0 saturated carbocycles. The van der Waals surface area contributed by atoms with Crippen molar-refractivity contribution in [3.63, 3.8) is 0 Å². The van der Waals surface area contributed by atoms with Crippen LogP contribution in [0.4, 0.5) is 0 Å². The van der Waals surface area contributed by atoms with Crippen LogP contribution in [0.3, 0.4) is 0 Å². The molecule has 0 radical (unpaired) electrons. The highest BCUT2D eigenvalue weighted by Crippen LogP contribution is 2.24. The van der Waals surface area contributed by atoms with Gasteiger partial charge in [-0.2, -0.15) is 17.4 Å². The first-order valence-corrected chi connectivity index (χ1v) is 6.01. The molecule has 0 spiro atoms. The minimum atomic E-state index is -3.33. The summed E-state index contributed by atoms with van der Waals surface area (Å²) in [6.45, 7) is 4.36. The lowest BCUT2D eigenvalue weighted by Crippen LogP contribution is -2.42. The highest BCUT2D eigenvalue weighted by Gasteiger charge is 2.34. The van der Waals surface area contributed by atoms with Gasteiger partial charge in [0, 0.05) is 20.1 Å². The van der Waals surface area contributed by atoms with E-state index in [2.05, 4.69) is 4.72 Å². The Balaban J connectivity index is 2.56. The molecule has 1 aliphatic rings. The van der Waals surface area contributed by atoms with E-state index in [9.17, 15) is 8.42 Å². The fourth-order valence-corrected chi connectivity index (χ4v) is 2.21. The number of hydrogen-bond acceptors (Lipinski definition) is 3. The minimum Gasteiger partial charge on any atom is -0.374 e. The zero-order valence-electron chi connectivity index (χ0n) is 9.07. The molecule has 14 heavy (non-hydrogen) atoms. The van der Waals surface area contributed by atoms with Crippen LogP contribution in [0, 0.1) is 0 Å². The summed E-state index contributed by atoms with van der Waals surface area (Å²) >= 11 is 0. The summed E-state index contributed by atoms with van der Waals surface area (Å²) in [4.78, 5) is 0. The van der Waals surface area contributed by atoms with Gasteiger partial charge in [0.05, 0.1) is 12.2 Å². The Morgan fingerprint density at radius 3 is 2.36 bits per heavy atom. The van der Waals surface area contributed by atoms with Gasteiger partial charge in [-0.25, -0.2) is 0 Å². The maximum atomic E-state index is 11.5. The molecule has 1 N–H and O–H groups in total. The van der Waals surface area contributed by atoms with E-state index in [4.69, 9.17) is 4.74 Å². The molecule has 1 heterocycles. The summed E-state index contributed by atoms with van der Waals surface area (Å²) in [7, 11) is -0.322. The third kappa shape index (κ3) is 2.91. The Labute approximate surface area is 85.6 Å². The molecular formula is C8H18N2O3S. The minimum absolute atomic E-state index is 0.114. The van der Waals surface area contributed by atoms with Crippen molar-refractivity contribution in [3.05, 3.63) is 0 Å². The molecule has 0 aliphatic carbocycles. The van der Waals surface area contributed by atoms with Crippen molar-refractivity contribution in [2.24, 2.45) is 0 Å². The van der Waals surface area contributed by atoms with Crippen LogP contribution in [0.2, 0.25) is 0 Å². The lowest BCUT2D eigenvalue weighted by molar-refractivity contribution is 0.0359. The third-order valence-electron chi connectivity index (χ3n) is 2.21. The second-order valence-corrected chi connectivity index (χ2v) is 6.29. The van der Waals surface area contributed by atoms with E-state index in [0.717, 1.165) is 0 Å². The van der Waals surface area contributed by atoms with Gasteiger partial charge in [-0.15, -0.1) is 0 Å². The number of ether oxygens (including phenoxy) is 1. The molecule has 0 aromatic heterocycles. The van der Waals surface area contributed by atoms with Crippen molar-refractivity contribution >= 4 is 10.2 Å². The van der Waals surface area contributed by atoms with Gasteiger partial charge in [0.1, 0.15) is 0 Å². The van der Waals surface area contributed by atoms with Crippen LogP contribution in [-0.2, 0) is 14.9 Å². The average molecular weight is 222 g/mol. The summed E-state index contributed by atoms with van der Waals surface area (Å²) in [5.74, 6) is 0. The molecule has 84 valence electrons. The highest BCUT2D eigenvalue weighted by molar-refractivity contribution is 7.87. The van der Waals surface area contributed by atoms with Gasteiger partial charge in [-0.1, -0.05) is 0 Å². The molecule has 0 aromatic carbocycles. The Bertz CT molecular complexity index is 298. The monoisotopic (exact) mass is 222 g/mol. The summed E-state index contributed by atoms with van der Waals surface area (Å²) in [6, 6.07) is -0.114. The summed E-state index contributed by atoms with van der Waals surface area (Å²) < 4.78 is 32.1. The average Bonchev–Trinajstić information content (AvgIpc) is 2.28. The highest BCUT2D eigenvalue weighted by atomic mass is 32.2. The van der Waals surface area contributed by atoms with Crippen LogP contribution in [0.1, 0.15) is 20.3 Å². The maximum absolute atomic E-state index is 11.5. The molecule has 1 rings (SSSR count). The fraction of sp³-hybridized carbons (Fsp3) is 1.00. The summed E-state index contributed by atoms with van der Waals surface area (Å²) in [5, 5.41) is 0. The van der Waals surface area contributed by atoms with E-state index < -0.39 is 10.2 Å². The van der Waals surface area contributed by atoms with Gasteiger partial charge < -0.3 is 4.74 Å². The van der Waals surface area contributed by atoms with Crippen LogP contribution >= 0.6 is 0 Å². The van der Waals surface area contributed by atoms with Crippen LogP contribution in [0.15, 0.2) is 0 Å². The first-order chi connectivity index (χ1) is 6.23. The van der Waals surface area contributed by atoms with E-state index in [-0.39, 0.29) is 11.6 Å². The lowest BCUT2D eigenvalue weighted by Gasteiger charge is -2.17. The Hall–Kier alpha value is -0.170. The molecule has 0 aromatic rings. The van der Waals surface area contributed by atoms with Gasteiger partial charge in [0.2, 0.25) is 0 Å². The first-order valence-electron chi connectivity index (χ1n) is 4.57. The van der Waals surface area contributed by atoms with Gasteiger partial charge in [-0.3, -0.25) is 0 Å². The lowest BCUT2D eigenvalue weighted by atomic mass is 10.0. The zero-order chi connectivity index (χ0) is 11.0. The number of nitrogens with zero attached hydrogens (tertiary/aromatic N) is 1. The number of nitrogens with one attached hydrogen (secondary N) is 1. The topological polar surface area (TPSA) is 58.6 Å². The van der Waals surface area contributed by atoms with Crippen molar-refractivity contribution in [2.75, 3.05) is 20.7 Å². The van der Waals surface area contributed by atoms with Gasteiger partial charge in [-0.05, 0) is 20.3 Å². The largest absolute Gasteiger partial charge is 0.374 e. The number of hydrogen-bond donors (Lipinski definition) is 1. The predicted octanol–water partition coefficient (Wildman–Crippen LogP) is -0.0501. The maximum Gasteiger partial charge on any atom is 0.279 e. The van der Waals surface area contributed by atoms with Gasteiger partial charge in [0.15, 0.2) is 0 Å². The Morgan fingerprint density at radius 1 is 1.43 bits per heavy atom. The van der Waals surface area contributed by atoms with Crippen LogP contribution < -0.4 is 4.72 Å². The normalized spacial score (nSPS) is 27.1. The summed E-state index contributed by atoms with van der Waals surface area (Å²) in [5.41, 5.74) is -0.223. The number of rotatable bonds is 3. The summed E-state index contributed by atoms with van der Waals surface area (Å²) in [6.07, 6.45) is 0.708. The smallest absolute Gasteiger partial charge is 0.279 e. The first kappa shape index (κ1) is 11.9. The van der Waals surface area contributed by atoms with Crippen molar-refractivity contribution in [3.8, 4) is 0 Å². The molecule has 1 fully saturated rings. The molecule has 5 nitrogen and oxygen atoms in total. The van der Waals surface area contributed by atoms with Crippen LogP contribution in [0.25, 0.3) is 0 Å². The van der Waals surface area contributed by atoms with E-state index in [0.29, 0.717) is 13.0 Å². The fourth-order valence-electron chi connectivity index (χ4n) is 1.43. The van der Waals surface area contributed by atoms with Crippen molar-refractivity contribution in [1.82, 2.24) is 9.03 Å². The van der Waals surface area contributed by atoms with Gasteiger partial charge in [0.25, 0.3) is 10.2 Å². The molecule has 1 unspecified atom stereocenters. The predicted molar refractivity (Wildman–Crippen MR) is 54.2 cm³/mol.